The first-order valence-electron chi connectivity index (χ1n) is 6.72. The predicted molar refractivity (Wildman–Crippen MR) is 70.9 cm³/mol. The van der Waals surface area contributed by atoms with Crippen LogP contribution in [0.2, 0.25) is 0 Å². The number of ether oxygens (including phenoxy) is 1. The molecule has 0 aliphatic carbocycles. The summed E-state index contributed by atoms with van der Waals surface area (Å²) in [5.74, 6) is -1.08. The van der Waals surface area contributed by atoms with Crippen molar-refractivity contribution in [2.45, 2.75) is 25.8 Å². The lowest BCUT2D eigenvalue weighted by atomic mass is 9.84. The average molecular weight is 276 g/mol. The van der Waals surface area contributed by atoms with Gasteiger partial charge in [0.25, 0.3) is 0 Å². The summed E-state index contributed by atoms with van der Waals surface area (Å²) in [6, 6.07) is 6.70. The molecule has 0 saturated carbocycles. The molecule has 1 aliphatic rings. The van der Waals surface area contributed by atoms with E-state index < -0.39 is 17.9 Å². The maximum Gasteiger partial charge on any atom is 0.223 e. The Morgan fingerprint density at radius 2 is 2.05 bits per heavy atom. The van der Waals surface area contributed by atoms with Gasteiger partial charge >= 0.3 is 0 Å². The zero-order valence-electron chi connectivity index (χ0n) is 11.7. The smallest absolute Gasteiger partial charge is 0.223 e. The Kier molecular flexibility index (Phi) is 4.27. The fourth-order valence-electron chi connectivity index (χ4n) is 2.79. The van der Waals surface area contributed by atoms with Gasteiger partial charge in [-0.25, -0.2) is 0 Å². The summed E-state index contributed by atoms with van der Waals surface area (Å²) >= 11 is 0. The first-order valence-corrected chi connectivity index (χ1v) is 6.72. The van der Waals surface area contributed by atoms with Crippen LogP contribution in [0.15, 0.2) is 24.3 Å². The summed E-state index contributed by atoms with van der Waals surface area (Å²) in [6.07, 6.45) is 0.591. The fraction of sp³-hybridized carbons (Fsp3) is 0.467. The average Bonchev–Trinajstić information content (AvgIpc) is 2.46. The van der Waals surface area contributed by atoms with E-state index in [1.54, 1.807) is 36.3 Å². The summed E-state index contributed by atoms with van der Waals surface area (Å²) in [4.78, 5) is 25.0. The van der Waals surface area contributed by atoms with E-state index in [-0.39, 0.29) is 12.3 Å². The van der Waals surface area contributed by atoms with Crippen molar-refractivity contribution in [2.75, 3.05) is 13.7 Å². The number of likely N-dealkylation sites (tertiary alicyclic amines) is 1. The second-order valence-corrected chi connectivity index (χ2v) is 4.86. The number of rotatable bonds is 4. The molecule has 0 spiro atoms. The lowest BCUT2D eigenvalue weighted by Gasteiger charge is -2.41. The minimum absolute atomic E-state index is 0.00850. The molecular formula is C15H18NO4-. The summed E-state index contributed by atoms with van der Waals surface area (Å²) in [5, 5.41) is 11.4. The van der Waals surface area contributed by atoms with Crippen LogP contribution in [0.5, 0.6) is 5.75 Å². The van der Waals surface area contributed by atoms with Crippen molar-refractivity contribution in [3.05, 3.63) is 29.8 Å². The van der Waals surface area contributed by atoms with Gasteiger partial charge in [-0.05, 0) is 31.0 Å². The van der Waals surface area contributed by atoms with Gasteiger partial charge in [-0.2, -0.15) is 0 Å². The molecule has 5 nitrogen and oxygen atoms in total. The standard InChI is InChI=1S/C15H19NO4/c1-3-16-13(17)9-8-12(15(18)19)14(16)10-4-6-11(20-2)7-5-10/h4-7,12,14H,3,8-9H2,1-2H3,(H,18,19)/p-1/t12-,14-/m0/s1. The van der Waals surface area contributed by atoms with Crippen molar-refractivity contribution in [2.24, 2.45) is 5.92 Å². The van der Waals surface area contributed by atoms with Crippen LogP contribution in [0, 0.1) is 5.92 Å². The quantitative estimate of drug-likeness (QED) is 0.813. The molecule has 0 bridgehead atoms. The largest absolute Gasteiger partial charge is 0.550 e. The van der Waals surface area contributed by atoms with Crippen molar-refractivity contribution in [1.82, 2.24) is 4.90 Å². The van der Waals surface area contributed by atoms with E-state index in [9.17, 15) is 14.7 Å². The van der Waals surface area contributed by atoms with Gasteiger partial charge in [0.2, 0.25) is 5.91 Å². The number of hydrogen-bond acceptors (Lipinski definition) is 4. The predicted octanol–water partition coefficient (Wildman–Crippen LogP) is 0.745. The number of piperidine rings is 1. The number of aliphatic carboxylic acids is 1. The van der Waals surface area contributed by atoms with Gasteiger partial charge < -0.3 is 19.5 Å². The maximum absolute atomic E-state index is 12.0. The van der Waals surface area contributed by atoms with Crippen LogP contribution < -0.4 is 9.84 Å². The minimum atomic E-state index is -1.10. The SMILES string of the molecule is CCN1C(=O)CC[C@H](C(=O)[O-])[C@@H]1c1ccc(OC)cc1. The Morgan fingerprint density at radius 1 is 1.40 bits per heavy atom. The normalized spacial score (nSPS) is 22.7. The van der Waals surface area contributed by atoms with E-state index in [1.165, 1.54) is 0 Å². The van der Waals surface area contributed by atoms with Crippen molar-refractivity contribution in [1.29, 1.82) is 0 Å². The molecule has 2 atom stereocenters. The molecule has 0 aromatic heterocycles. The number of hydrogen-bond donors (Lipinski definition) is 0. The molecule has 1 fully saturated rings. The molecule has 20 heavy (non-hydrogen) atoms. The number of benzene rings is 1. The zero-order chi connectivity index (χ0) is 14.7. The molecule has 1 saturated heterocycles. The highest BCUT2D eigenvalue weighted by Gasteiger charge is 2.36. The Hall–Kier alpha value is -2.04. The fourth-order valence-corrected chi connectivity index (χ4v) is 2.79. The van der Waals surface area contributed by atoms with E-state index in [0.717, 1.165) is 5.56 Å². The Labute approximate surface area is 118 Å². The number of nitrogens with zero attached hydrogens (tertiary/aromatic N) is 1. The second-order valence-electron chi connectivity index (χ2n) is 4.86. The van der Waals surface area contributed by atoms with Gasteiger partial charge in [-0.15, -0.1) is 0 Å². The number of carboxylic acids is 1. The highest BCUT2D eigenvalue weighted by Crippen LogP contribution is 2.36. The van der Waals surface area contributed by atoms with Gasteiger partial charge in [0.05, 0.1) is 13.2 Å². The molecule has 0 unspecified atom stereocenters. The van der Waals surface area contributed by atoms with Gasteiger partial charge in [0, 0.05) is 24.9 Å². The summed E-state index contributed by atoms with van der Waals surface area (Å²) in [5.41, 5.74) is 0.801. The van der Waals surface area contributed by atoms with Gasteiger partial charge in [0.1, 0.15) is 5.75 Å². The van der Waals surface area contributed by atoms with Crippen LogP contribution in [-0.4, -0.2) is 30.4 Å². The van der Waals surface area contributed by atoms with E-state index in [4.69, 9.17) is 4.74 Å². The second kappa shape index (κ2) is 5.94. The maximum atomic E-state index is 12.0. The molecular weight excluding hydrogens is 258 g/mol. The topological polar surface area (TPSA) is 69.7 Å². The number of carbonyl (C=O) groups excluding carboxylic acids is 2. The lowest BCUT2D eigenvalue weighted by Crippen LogP contribution is -2.48. The number of amides is 1. The van der Waals surface area contributed by atoms with Crippen molar-refractivity contribution < 1.29 is 19.4 Å². The van der Waals surface area contributed by atoms with E-state index in [1.807, 2.05) is 6.92 Å². The molecule has 108 valence electrons. The third-order valence-corrected chi connectivity index (χ3v) is 3.81. The van der Waals surface area contributed by atoms with E-state index in [0.29, 0.717) is 18.7 Å². The first kappa shape index (κ1) is 14.4. The Morgan fingerprint density at radius 3 is 2.55 bits per heavy atom. The highest BCUT2D eigenvalue weighted by molar-refractivity contribution is 5.81. The molecule has 5 heteroatoms. The van der Waals surface area contributed by atoms with Gasteiger partial charge in [-0.3, -0.25) is 4.79 Å². The van der Waals surface area contributed by atoms with Crippen LogP contribution in [0.1, 0.15) is 31.4 Å². The first-order chi connectivity index (χ1) is 9.58. The molecule has 1 aromatic rings. The van der Waals surface area contributed by atoms with Crippen molar-refractivity contribution in [3.63, 3.8) is 0 Å². The van der Waals surface area contributed by atoms with E-state index in [2.05, 4.69) is 0 Å². The third kappa shape index (κ3) is 2.61. The molecule has 1 aliphatic heterocycles. The molecule has 1 aromatic carbocycles. The Balaban J connectivity index is 2.38. The monoisotopic (exact) mass is 276 g/mol. The van der Waals surface area contributed by atoms with Crippen LogP contribution in [0.4, 0.5) is 0 Å². The number of carbonyl (C=O) groups is 2. The summed E-state index contributed by atoms with van der Waals surface area (Å²) < 4.78 is 5.10. The van der Waals surface area contributed by atoms with Gasteiger partial charge in [-0.1, -0.05) is 12.1 Å². The molecule has 1 heterocycles. The third-order valence-electron chi connectivity index (χ3n) is 3.81. The molecule has 1 amide bonds. The zero-order valence-corrected chi connectivity index (χ0v) is 11.7. The van der Waals surface area contributed by atoms with Crippen molar-refractivity contribution in [3.8, 4) is 5.75 Å². The summed E-state index contributed by atoms with van der Waals surface area (Å²) in [6.45, 7) is 2.34. The van der Waals surface area contributed by atoms with Crippen molar-refractivity contribution >= 4 is 11.9 Å². The van der Waals surface area contributed by atoms with Crippen LogP contribution in [0.25, 0.3) is 0 Å². The number of methoxy groups -OCH3 is 1. The van der Waals surface area contributed by atoms with E-state index >= 15 is 0 Å². The molecule has 0 radical (unpaired) electrons. The molecule has 0 N–H and O–H groups in total. The summed E-state index contributed by atoms with van der Waals surface area (Å²) in [7, 11) is 1.57. The van der Waals surface area contributed by atoms with Crippen LogP contribution >= 0.6 is 0 Å². The minimum Gasteiger partial charge on any atom is -0.550 e. The van der Waals surface area contributed by atoms with Crippen LogP contribution in [0.3, 0.4) is 0 Å². The van der Waals surface area contributed by atoms with Gasteiger partial charge in [0.15, 0.2) is 0 Å². The Bertz CT molecular complexity index is 495. The number of carboxylic acid groups (broad SMARTS) is 1. The lowest BCUT2D eigenvalue weighted by molar-refractivity contribution is -0.314. The highest BCUT2D eigenvalue weighted by atomic mass is 16.5. The van der Waals surface area contributed by atoms with Crippen LogP contribution in [-0.2, 0) is 9.59 Å². The molecule has 2 rings (SSSR count).